The van der Waals surface area contributed by atoms with Gasteiger partial charge in [-0.15, -0.1) is 11.3 Å². The van der Waals surface area contributed by atoms with Gasteiger partial charge in [0.1, 0.15) is 9.77 Å². The molecule has 1 unspecified atom stereocenters. The first-order valence-corrected chi connectivity index (χ1v) is 9.90. The zero-order chi connectivity index (χ0) is 17.3. The molecule has 10 heteroatoms. The summed E-state index contributed by atoms with van der Waals surface area (Å²) >= 11 is 1.07. The number of sulfonamides is 1. The van der Waals surface area contributed by atoms with Crippen molar-refractivity contribution >= 4 is 33.2 Å². The number of rotatable bonds is 4. The smallest absolute Gasteiger partial charge is 0.308 e. The SMILES string of the molecule is O=C(O)C1CCN(C(=O)c2sccc2S(=O)(=O)N2CCOCC2)C1. The van der Waals surface area contributed by atoms with Crippen molar-refractivity contribution in [2.75, 3.05) is 39.4 Å². The minimum Gasteiger partial charge on any atom is -0.481 e. The Morgan fingerprint density at radius 2 is 1.96 bits per heavy atom. The van der Waals surface area contributed by atoms with Crippen LogP contribution in [0.15, 0.2) is 16.3 Å². The number of likely N-dealkylation sites (tertiary alicyclic amines) is 1. The lowest BCUT2D eigenvalue weighted by Gasteiger charge is -2.26. The third-order valence-electron chi connectivity index (χ3n) is 4.24. The van der Waals surface area contributed by atoms with E-state index in [0.717, 1.165) is 11.3 Å². The monoisotopic (exact) mass is 374 g/mol. The summed E-state index contributed by atoms with van der Waals surface area (Å²) < 4.78 is 32.0. The van der Waals surface area contributed by atoms with E-state index in [9.17, 15) is 18.0 Å². The summed E-state index contributed by atoms with van der Waals surface area (Å²) in [6.45, 7) is 1.62. The number of aliphatic carboxylic acids is 1. The van der Waals surface area contributed by atoms with Gasteiger partial charge in [0.25, 0.3) is 5.91 Å². The van der Waals surface area contributed by atoms with Gasteiger partial charge in [0.15, 0.2) is 0 Å². The summed E-state index contributed by atoms with van der Waals surface area (Å²) in [6, 6.07) is 1.44. The molecule has 24 heavy (non-hydrogen) atoms. The van der Waals surface area contributed by atoms with Crippen molar-refractivity contribution < 1.29 is 27.9 Å². The number of carboxylic acids is 1. The number of ether oxygens (including phenoxy) is 1. The average Bonchev–Trinajstić information content (AvgIpc) is 3.25. The molecule has 2 aliphatic heterocycles. The molecule has 2 fully saturated rings. The summed E-state index contributed by atoms with van der Waals surface area (Å²) in [7, 11) is -3.75. The largest absolute Gasteiger partial charge is 0.481 e. The number of amides is 1. The van der Waals surface area contributed by atoms with Crippen molar-refractivity contribution in [3.05, 3.63) is 16.3 Å². The third-order valence-corrected chi connectivity index (χ3v) is 7.21. The maximum absolute atomic E-state index is 12.8. The Morgan fingerprint density at radius 3 is 2.58 bits per heavy atom. The standard InChI is InChI=1S/C14H18N2O6S2/c17-13(15-3-1-10(9-15)14(18)19)12-11(2-8-23-12)24(20,21)16-4-6-22-7-5-16/h2,8,10H,1,3-7,9H2,(H,18,19). The first-order valence-electron chi connectivity index (χ1n) is 7.58. The minimum atomic E-state index is -3.75. The Kier molecular flexibility index (Phi) is 4.90. The maximum Gasteiger partial charge on any atom is 0.308 e. The molecule has 132 valence electrons. The van der Waals surface area contributed by atoms with E-state index in [1.165, 1.54) is 15.3 Å². The molecule has 0 aromatic carbocycles. The Labute approximate surface area is 143 Å². The van der Waals surface area contributed by atoms with Gasteiger partial charge in [-0.1, -0.05) is 0 Å². The number of hydrogen-bond acceptors (Lipinski definition) is 6. The van der Waals surface area contributed by atoms with Gasteiger partial charge in [0, 0.05) is 26.2 Å². The topological polar surface area (TPSA) is 104 Å². The van der Waals surface area contributed by atoms with E-state index < -0.39 is 27.8 Å². The maximum atomic E-state index is 12.8. The zero-order valence-corrected chi connectivity index (χ0v) is 14.5. The molecule has 8 nitrogen and oxygen atoms in total. The summed E-state index contributed by atoms with van der Waals surface area (Å²) in [4.78, 5) is 25.3. The molecule has 2 saturated heterocycles. The number of carbonyl (C=O) groups is 2. The van der Waals surface area contributed by atoms with Crippen molar-refractivity contribution in [2.24, 2.45) is 5.92 Å². The van der Waals surface area contributed by atoms with Gasteiger partial charge in [0.05, 0.1) is 19.1 Å². The molecular formula is C14H18N2O6S2. The van der Waals surface area contributed by atoms with E-state index in [4.69, 9.17) is 9.84 Å². The molecule has 3 rings (SSSR count). The molecular weight excluding hydrogens is 356 g/mol. The second-order valence-corrected chi connectivity index (χ2v) is 8.53. The van der Waals surface area contributed by atoms with Crippen molar-refractivity contribution in [1.82, 2.24) is 9.21 Å². The summed E-state index contributed by atoms with van der Waals surface area (Å²) in [5, 5.41) is 10.6. The lowest BCUT2D eigenvalue weighted by Crippen LogP contribution is -2.41. The van der Waals surface area contributed by atoms with Gasteiger partial charge < -0.3 is 14.7 Å². The molecule has 0 bridgehead atoms. The van der Waals surface area contributed by atoms with Crippen molar-refractivity contribution in [3.8, 4) is 0 Å². The van der Waals surface area contributed by atoms with Crippen LogP contribution in [0.1, 0.15) is 16.1 Å². The van der Waals surface area contributed by atoms with Crippen LogP contribution in [0.2, 0.25) is 0 Å². The van der Waals surface area contributed by atoms with Crippen LogP contribution in [0.4, 0.5) is 0 Å². The van der Waals surface area contributed by atoms with Crippen LogP contribution in [0, 0.1) is 5.92 Å². The minimum absolute atomic E-state index is 0.00169. The summed E-state index contributed by atoms with van der Waals surface area (Å²) in [6.07, 6.45) is 0.387. The predicted molar refractivity (Wildman–Crippen MR) is 85.5 cm³/mol. The average molecular weight is 374 g/mol. The van der Waals surface area contributed by atoms with E-state index in [2.05, 4.69) is 0 Å². The van der Waals surface area contributed by atoms with Crippen LogP contribution in [-0.2, 0) is 19.6 Å². The lowest BCUT2D eigenvalue weighted by atomic mass is 10.1. The highest BCUT2D eigenvalue weighted by Gasteiger charge is 2.36. The molecule has 1 aromatic rings. The van der Waals surface area contributed by atoms with E-state index >= 15 is 0 Å². The van der Waals surface area contributed by atoms with Crippen molar-refractivity contribution in [1.29, 1.82) is 0 Å². The van der Waals surface area contributed by atoms with Crippen LogP contribution >= 0.6 is 11.3 Å². The van der Waals surface area contributed by atoms with Crippen LogP contribution < -0.4 is 0 Å². The second-order valence-electron chi connectivity index (χ2n) is 5.71. The quantitative estimate of drug-likeness (QED) is 0.814. The molecule has 1 N–H and O–H groups in total. The lowest BCUT2D eigenvalue weighted by molar-refractivity contribution is -0.141. The Bertz CT molecular complexity index is 738. The van der Waals surface area contributed by atoms with Gasteiger partial charge in [0.2, 0.25) is 10.0 Å². The van der Waals surface area contributed by atoms with Gasteiger partial charge in [-0.25, -0.2) is 8.42 Å². The van der Waals surface area contributed by atoms with Crippen LogP contribution in [0.3, 0.4) is 0 Å². The molecule has 2 aliphatic rings. The molecule has 0 aliphatic carbocycles. The molecule has 0 saturated carbocycles. The normalized spacial score (nSPS) is 22.7. The van der Waals surface area contributed by atoms with Gasteiger partial charge in [-0.3, -0.25) is 9.59 Å². The fourth-order valence-electron chi connectivity index (χ4n) is 2.87. The first kappa shape index (κ1) is 17.3. The Morgan fingerprint density at radius 1 is 1.25 bits per heavy atom. The highest BCUT2D eigenvalue weighted by atomic mass is 32.2. The number of carbonyl (C=O) groups excluding carboxylic acids is 1. The third kappa shape index (κ3) is 3.18. The van der Waals surface area contributed by atoms with E-state index in [-0.39, 0.29) is 29.4 Å². The highest BCUT2D eigenvalue weighted by molar-refractivity contribution is 7.89. The number of hydrogen-bond donors (Lipinski definition) is 1. The Balaban J connectivity index is 1.82. The summed E-state index contributed by atoms with van der Waals surface area (Å²) in [5.74, 6) is -1.94. The number of nitrogens with zero attached hydrogens (tertiary/aromatic N) is 2. The number of morpholine rings is 1. The second kappa shape index (κ2) is 6.79. The zero-order valence-electron chi connectivity index (χ0n) is 12.9. The molecule has 3 heterocycles. The number of thiophene rings is 1. The predicted octanol–water partition coefficient (Wildman–Crippen LogP) is 0.316. The van der Waals surface area contributed by atoms with Crippen LogP contribution in [-0.4, -0.2) is 74.0 Å². The van der Waals surface area contributed by atoms with Gasteiger partial charge >= 0.3 is 5.97 Å². The summed E-state index contributed by atoms with van der Waals surface area (Å²) in [5.41, 5.74) is 0. The molecule has 0 spiro atoms. The van der Waals surface area contributed by atoms with Crippen LogP contribution in [0.5, 0.6) is 0 Å². The molecule has 1 atom stereocenters. The Hall–Kier alpha value is -1.49. The molecule has 1 aromatic heterocycles. The fourth-order valence-corrected chi connectivity index (χ4v) is 5.64. The fraction of sp³-hybridized carbons (Fsp3) is 0.571. The molecule has 0 radical (unpaired) electrons. The highest BCUT2D eigenvalue weighted by Crippen LogP contribution is 2.29. The number of carboxylic acid groups (broad SMARTS) is 1. The van der Waals surface area contributed by atoms with Gasteiger partial charge in [-0.2, -0.15) is 4.31 Å². The van der Waals surface area contributed by atoms with Gasteiger partial charge in [-0.05, 0) is 17.9 Å². The van der Waals surface area contributed by atoms with Crippen molar-refractivity contribution in [3.63, 3.8) is 0 Å². The first-order chi connectivity index (χ1) is 11.4. The molecule has 1 amide bonds. The van der Waals surface area contributed by atoms with Crippen molar-refractivity contribution in [2.45, 2.75) is 11.3 Å². The van der Waals surface area contributed by atoms with E-state index in [1.807, 2.05) is 0 Å². The van der Waals surface area contributed by atoms with E-state index in [1.54, 1.807) is 5.38 Å². The van der Waals surface area contributed by atoms with E-state index in [0.29, 0.717) is 26.2 Å². The van der Waals surface area contributed by atoms with Crippen LogP contribution in [0.25, 0.3) is 0 Å².